The second-order valence-corrected chi connectivity index (χ2v) is 11.4. The number of aliphatic carboxylic acids is 1. The van der Waals surface area contributed by atoms with Gasteiger partial charge in [0.2, 0.25) is 5.89 Å². The van der Waals surface area contributed by atoms with Crippen molar-refractivity contribution >= 4 is 33.5 Å². The van der Waals surface area contributed by atoms with E-state index in [0.29, 0.717) is 38.9 Å². The molecule has 14 heteroatoms. The van der Waals surface area contributed by atoms with Gasteiger partial charge in [0.25, 0.3) is 0 Å². The zero-order valence-electron chi connectivity index (χ0n) is 22.3. The van der Waals surface area contributed by atoms with Gasteiger partial charge in [-0.1, -0.05) is 23.7 Å². The number of carbonyl (C=O) groups is 1. The van der Waals surface area contributed by atoms with E-state index in [4.69, 9.17) is 20.8 Å². The van der Waals surface area contributed by atoms with Crippen LogP contribution < -0.4 is 9.46 Å². The van der Waals surface area contributed by atoms with Crippen LogP contribution in [0.25, 0.3) is 11.5 Å². The van der Waals surface area contributed by atoms with Gasteiger partial charge in [-0.3, -0.25) is 9.52 Å². The van der Waals surface area contributed by atoms with Crippen molar-refractivity contribution in [2.24, 2.45) is 0 Å². The zero-order valence-corrected chi connectivity index (χ0v) is 23.8. The first-order valence-electron chi connectivity index (χ1n) is 12.3. The highest BCUT2D eigenvalue weighted by molar-refractivity contribution is 7.90. The van der Waals surface area contributed by atoms with Gasteiger partial charge in [0.1, 0.15) is 30.4 Å². The lowest BCUT2D eigenvalue weighted by atomic mass is 10.1. The normalized spacial score (nSPS) is 12.0. The van der Waals surface area contributed by atoms with E-state index >= 15 is 0 Å². The molecule has 0 atom stereocenters. The van der Waals surface area contributed by atoms with Crippen LogP contribution in [0.2, 0.25) is 5.02 Å². The smallest absolute Gasteiger partial charge is 0.416 e. The van der Waals surface area contributed by atoms with Crippen LogP contribution in [0, 0.1) is 13.8 Å². The minimum absolute atomic E-state index is 0.0477. The van der Waals surface area contributed by atoms with Crippen molar-refractivity contribution < 1.29 is 40.6 Å². The molecule has 0 amide bonds. The Kier molecular flexibility index (Phi) is 9.14. The summed E-state index contributed by atoms with van der Waals surface area (Å²) in [6, 6.07) is 15.4. The van der Waals surface area contributed by atoms with Gasteiger partial charge in [0.15, 0.2) is 0 Å². The molecule has 4 aromatic rings. The van der Waals surface area contributed by atoms with Crippen LogP contribution in [0.5, 0.6) is 5.75 Å². The van der Waals surface area contributed by atoms with Crippen molar-refractivity contribution in [2.45, 2.75) is 33.2 Å². The fourth-order valence-electron chi connectivity index (χ4n) is 3.90. The van der Waals surface area contributed by atoms with Gasteiger partial charge in [-0.2, -0.15) is 25.9 Å². The van der Waals surface area contributed by atoms with Gasteiger partial charge >= 0.3 is 22.4 Å². The highest BCUT2D eigenvalue weighted by atomic mass is 35.5. The Balaban J connectivity index is 1.46. The first-order valence-corrected chi connectivity index (χ1v) is 14.1. The number of rotatable bonds is 11. The summed E-state index contributed by atoms with van der Waals surface area (Å²) in [4.78, 5) is 15.8. The third kappa shape index (κ3) is 7.81. The number of aryl methyl sites for hydroxylation is 2. The molecule has 1 aromatic heterocycles. The average Bonchev–Trinajstić information content (AvgIpc) is 3.28. The number of carboxylic acid groups (broad SMARTS) is 1. The molecule has 0 aliphatic rings. The molecular formula is C28H25ClF3N3O6S. The molecule has 222 valence electrons. The van der Waals surface area contributed by atoms with E-state index in [1.165, 1.54) is 24.3 Å². The van der Waals surface area contributed by atoms with Crippen molar-refractivity contribution in [3.63, 3.8) is 0 Å². The van der Waals surface area contributed by atoms with E-state index in [2.05, 4.69) is 9.71 Å². The first-order chi connectivity index (χ1) is 19.7. The van der Waals surface area contributed by atoms with E-state index in [-0.39, 0.29) is 24.7 Å². The molecule has 0 bridgehead atoms. The number of halogens is 4. The lowest BCUT2D eigenvalue weighted by molar-refractivity contribution is -0.138. The molecule has 0 aliphatic carbocycles. The molecule has 0 fully saturated rings. The number of nitrogens with zero attached hydrogens (tertiary/aromatic N) is 2. The van der Waals surface area contributed by atoms with Gasteiger partial charge in [-0.15, -0.1) is 0 Å². The molecule has 9 nitrogen and oxygen atoms in total. The molecule has 0 saturated heterocycles. The van der Waals surface area contributed by atoms with Crippen LogP contribution in [0.4, 0.5) is 18.9 Å². The Labute approximate surface area is 244 Å². The lowest BCUT2D eigenvalue weighted by Gasteiger charge is -2.22. The third-order valence-electron chi connectivity index (χ3n) is 6.06. The SMILES string of the molecule is Cc1cc(Cl)ccc1NS(=O)(=O)N(CC(=O)O)Cc1cccc(OCc2nc(-c3ccc(C(F)(F)F)cc3)oc2C)c1. The molecule has 0 radical (unpaired) electrons. The molecule has 0 unspecified atom stereocenters. The molecule has 1 heterocycles. The number of alkyl halides is 3. The second-order valence-electron chi connectivity index (χ2n) is 9.26. The number of aromatic nitrogens is 1. The summed E-state index contributed by atoms with van der Waals surface area (Å²) < 4.78 is 79.4. The molecular weight excluding hydrogens is 599 g/mol. The van der Waals surface area contributed by atoms with E-state index in [1.54, 1.807) is 44.2 Å². The predicted molar refractivity (Wildman–Crippen MR) is 149 cm³/mol. The van der Waals surface area contributed by atoms with Crippen LogP contribution in [-0.4, -0.2) is 35.3 Å². The Morgan fingerprint density at radius 3 is 2.45 bits per heavy atom. The number of nitrogens with one attached hydrogen (secondary N) is 1. The maximum absolute atomic E-state index is 13.1. The van der Waals surface area contributed by atoms with E-state index in [9.17, 15) is 31.5 Å². The van der Waals surface area contributed by atoms with E-state index in [1.807, 2.05) is 0 Å². The van der Waals surface area contributed by atoms with Gasteiger partial charge < -0.3 is 14.3 Å². The monoisotopic (exact) mass is 623 g/mol. The maximum atomic E-state index is 13.1. The van der Waals surface area contributed by atoms with Crippen LogP contribution in [0.15, 0.2) is 71.1 Å². The number of hydrogen-bond acceptors (Lipinski definition) is 6. The summed E-state index contributed by atoms with van der Waals surface area (Å²) in [7, 11) is -4.28. The minimum atomic E-state index is -4.46. The minimum Gasteiger partial charge on any atom is -0.487 e. The van der Waals surface area contributed by atoms with Gasteiger partial charge in [-0.05, 0) is 79.6 Å². The predicted octanol–water partition coefficient (Wildman–Crippen LogP) is 6.45. The summed E-state index contributed by atoms with van der Waals surface area (Å²) in [6.45, 7) is 2.19. The Morgan fingerprint density at radius 2 is 1.81 bits per heavy atom. The van der Waals surface area contributed by atoms with Crippen molar-refractivity contribution in [3.05, 3.63) is 99.9 Å². The molecule has 42 heavy (non-hydrogen) atoms. The fourth-order valence-corrected chi connectivity index (χ4v) is 5.36. The van der Waals surface area contributed by atoms with Gasteiger partial charge in [-0.25, -0.2) is 4.98 Å². The number of anilines is 1. The highest BCUT2D eigenvalue weighted by Crippen LogP contribution is 2.31. The van der Waals surface area contributed by atoms with Gasteiger partial charge in [0.05, 0.1) is 11.3 Å². The molecule has 4 rings (SSSR count). The summed E-state index contributed by atoms with van der Waals surface area (Å²) >= 11 is 5.94. The van der Waals surface area contributed by atoms with Crippen LogP contribution in [0.1, 0.15) is 28.1 Å². The first kappa shape index (κ1) is 30.9. The van der Waals surface area contributed by atoms with Crippen molar-refractivity contribution in [3.8, 4) is 17.2 Å². The molecule has 0 aliphatic heterocycles. The number of oxazole rings is 1. The standard InChI is InChI=1S/C28H25ClF3N3O6S/c1-17-12-22(29)10-11-24(17)34-42(38,39)35(15-26(36)37)14-19-4-3-5-23(13-19)40-16-25-18(2)41-27(33-25)20-6-8-21(9-7-20)28(30,31)32/h3-13,34H,14-16H2,1-2H3,(H,36,37). The maximum Gasteiger partial charge on any atom is 0.416 e. The Bertz CT molecular complexity index is 1690. The Morgan fingerprint density at radius 1 is 1.10 bits per heavy atom. The molecule has 0 spiro atoms. The second kappa shape index (κ2) is 12.4. The summed E-state index contributed by atoms with van der Waals surface area (Å²) in [5.74, 6) is -0.457. The van der Waals surface area contributed by atoms with Gasteiger partial charge in [0, 0.05) is 17.1 Å². The lowest BCUT2D eigenvalue weighted by Crippen LogP contribution is -2.39. The number of hydrogen-bond donors (Lipinski definition) is 2. The van der Waals surface area contributed by atoms with Crippen molar-refractivity contribution in [1.29, 1.82) is 0 Å². The van der Waals surface area contributed by atoms with E-state index in [0.717, 1.165) is 16.4 Å². The quantitative estimate of drug-likeness (QED) is 0.197. The molecule has 3 aromatic carbocycles. The highest BCUT2D eigenvalue weighted by Gasteiger charge is 2.30. The van der Waals surface area contributed by atoms with Crippen LogP contribution >= 0.6 is 11.6 Å². The van der Waals surface area contributed by atoms with Crippen LogP contribution in [0.3, 0.4) is 0 Å². The average molecular weight is 624 g/mol. The molecule has 0 saturated carbocycles. The van der Waals surface area contributed by atoms with Crippen molar-refractivity contribution in [1.82, 2.24) is 9.29 Å². The number of carboxylic acids is 1. The topological polar surface area (TPSA) is 122 Å². The zero-order chi connectivity index (χ0) is 30.7. The van der Waals surface area contributed by atoms with Crippen molar-refractivity contribution in [2.75, 3.05) is 11.3 Å². The fraction of sp³-hybridized carbons (Fsp3) is 0.214. The largest absolute Gasteiger partial charge is 0.487 e. The number of ether oxygens (including phenoxy) is 1. The summed E-state index contributed by atoms with van der Waals surface area (Å²) in [5, 5.41) is 9.79. The molecule has 2 N–H and O–H groups in total. The summed E-state index contributed by atoms with van der Waals surface area (Å²) in [6.07, 6.45) is -4.46. The van der Waals surface area contributed by atoms with Crippen LogP contribution in [-0.2, 0) is 34.3 Å². The van der Waals surface area contributed by atoms with E-state index < -0.39 is 34.5 Å². The number of benzene rings is 3. The Hall–Kier alpha value is -4.07. The summed E-state index contributed by atoms with van der Waals surface area (Å²) in [5.41, 5.74) is 1.25. The third-order valence-corrected chi connectivity index (χ3v) is 7.71.